The summed E-state index contributed by atoms with van der Waals surface area (Å²) in [5.74, 6) is -0.522. The number of halogens is 1. The van der Waals surface area contributed by atoms with Crippen LogP contribution in [0, 0.1) is 6.92 Å². The topological polar surface area (TPSA) is 65.7 Å². The zero-order valence-electron chi connectivity index (χ0n) is 12.9. The molecule has 0 amide bonds. The van der Waals surface area contributed by atoms with Gasteiger partial charge in [-0.3, -0.25) is 0 Å². The maximum Gasteiger partial charge on any atom is 0.336 e. The first kappa shape index (κ1) is 17.2. The van der Waals surface area contributed by atoms with Gasteiger partial charge in [0.2, 0.25) is 0 Å². The predicted molar refractivity (Wildman–Crippen MR) is 87.6 cm³/mol. The number of carbonyl (C=O) groups excluding carboxylic acids is 1. The largest absolute Gasteiger partial charge is 0.459 e. The van der Waals surface area contributed by atoms with Crippen molar-refractivity contribution < 1.29 is 18.7 Å². The quantitative estimate of drug-likeness (QED) is 0.459. The number of hydrogen-bond acceptors (Lipinski definition) is 5. The second kappa shape index (κ2) is 7.44. The number of esters is 1. The predicted octanol–water partition coefficient (Wildman–Crippen LogP) is 3.39. The van der Waals surface area contributed by atoms with E-state index in [0.29, 0.717) is 21.6 Å². The highest BCUT2D eigenvalue weighted by Gasteiger charge is 2.16. The molecule has 0 aliphatic carbocycles. The molecular formula is C17H17ClO5. The van der Waals surface area contributed by atoms with Crippen LogP contribution in [0.2, 0.25) is 5.02 Å². The Balaban J connectivity index is 2.23. The third-order valence-corrected chi connectivity index (χ3v) is 3.68. The Kier molecular flexibility index (Phi) is 5.58. The first-order valence-corrected chi connectivity index (χ1v) is 7.42. The third kappa shape index (κ3) is 4.21. The van der Waals surface area contributed by atoms with E-state index in [1.807, 2.05) is 6.92 Å². The number of ether oxygens (including phenoxy) is 2. The van der Waals surface area contributed by atoms with Crippen LogP contribution in [0.5, 0.6) is 0 Å². The van der Waals surface area contributed by atoms with E-state index in [1.54, 1.807) is 25.1 Å². The molecule has 0 radical (unpaired) electrons. The van der Waals surface area contributed by atoms with Crippen molar-refractivity contribution in [3.05, 3.63) is 57.4 Å². The summed E-state index contributed by atoms with van der Waals surface area (Å²) in [5, 5.41) is 1.18. The lowest BCUT2D eigenvalue weighted by Crippen LogP contribution is -2.23. The van der Waals surface area contributed by atoms with Gasteiger partial charge in [-0.25, -0.2) is 9.59 Å². The standard InChI is InChI=1S/C17H17ClO5/c1-4-5-21-11(3)17(20)22-9-12-7-16(19)23-15-6-10(2)14(18)8-13(12)15/h4,6-8,11H,1,5,9H2,2-3H3. The van der Waals surface area contributed by atoms with Gasteiger partial charge in [-0.1, -0.05) is 17.7 Å². The minimum absolute atomic E-state index is 0.0673. The first-order valence-electron chi connectivity index (χ1n) is 7.04. The van der Waals surface area contributed by atoms with Crippen LogP contribution in [0.25, 0.3) is 11.0 Å². The molecule has 2 aromatic rings. The molecule has 1 heterocycles. The average molecular weight is 337 g/mol. The number of hydrogen-bond donors (Lipinski definition) is 0. The monoisotopic (exact) mass is 336 g/mol. The van der Waals surface area contributed by atoms with Gasteiger partial charge < -0.3 is 13.9 Å². The SMILES string of the molecule is C=CCOC(C)C(=O)OCc1cc(=O)oc2cc(C)c(Cl)cc12. The van der Waals surface area contributed by atoms with Crippen molar-refractivity contribution in [3.8, 4) is 0 Å². The second-order valence-electron chi connectivity index (χ2n) is 5.06. The number of aryl methyl sites for hydroxylation is 1. The fourth-order valence-electron chi connectivity index (χ4n) is 2.01. The van der Waals surface area contributed by atoms with Crippen LogP contribution in [-0.2, 0) is 20.9 Å². The molecule has 0 aliphatic rings. The van der Waals surface area contributed by atoms with Crippen molar-refractivity contribution in [2.75, 3.05) is 6.61 Å². The van der Waals surface area contributed by atoms with Gasteiger partial charge in [-0.2, -0.15) is 0 Å². The van der Waals surface area contributed by atoms with Crippen LogP contribution in [0.1, 0.15) is 18.1 Å². The zero-order chi connectivity index (χ0) is 17.0. The third-order valence-electron chi connectivity index (χ3n) is 3.28. The van der Waals surface area contributed by atoms with Gasteiger partial charge in [0.05, 0.1) is 6.61 Å². The molecule has 0 spiro atoms. The average Bonchev–Trinajstić information content (AvgIpc) is 2.51. The summed E-state index contributed by atoms with van der Waals surface area (Å²) in [6.07, 6.45) is 0.828. The Bertz CT molecular complexity index is 793. The molecule has 0 aliphatic heterocycles. The van der Waals surface area contributed by atoms with Gasteiger partial charge in [0.15, 0.2) is 6.10 Å². The van der Waals surface area contributed by atoms with Gasteiger partial charge in [0.1, 0.15) is 12.2 Å². The van der Waals surface area contributed by atoms with Crippen LogP contribution >= 0.6 is 11.6 Å². The Morgan fingerprint density at radius 3 is 2.87 bits per heavy atom. The molecule has 1 aromatic carbocycles. The molecule has 2 rings (SSSR count). The fraction of sp³-hybridized carbons (Fsp3) is 0.294. The van der Waals surface area contributed by atoms with Crippen molar-refractivity contribution in [1.29, 1.82) is 0 Å². The maximum absolute atomic E-state index is 11.9. The molecule has 0 fully saturated rings. The smallest absolute Gasteiger partial charge is 0.336 e. The van der Waals surface area contributed by atoms with E-state index in [9.17, 15) is 9.59 Å². The van der Waals surface area contributed by atoms with Crippen LogP contribution < -0.4 is 5.63 Å². The van der Waals surface area contributed by atoms with Gasteiger partial charge >= 0.3 is 11.6 Å². The van der Waals surface area contributed by atoms with Crippen molar-refractivity contribution in [2.24, 2.45) is 0 Å². The molecule has 23 heavy (non-hydrogen) atoms. The molecule has 0 saturated carbocycles. The van der Waals surface area contributed by atoms with E-state index in [-0.39, 0.29) is 13.2 Å². The van der Waals surface area contributed by atoms with Gasteiger partial charge in [-0.05, 0) is 31.5 Å². The summed E-state index contributed by atoms with van der Waals surface area (Å²) in [6, 6.07) is 4.66. The Morgan fingerprint density at radius 2 is 2.17 bits per heavy atom. The molecule has 1 unspecified atom stereocenters. The van der Waals surface area contributed by atoms with Crippen LogP contribution in [0.15, 0.2) is 40.1 Å². The fourth-order valence-corrected chi connectivity index (χ4v) is 2.18. The van der Waals surface area contributed by atoms with E-state index in [2.05, 4.69) is 6.58 Å². The zero-order valence-corrected chi connectivity index (χ0v) is 13.7. The van der Waals surface area contributed by atoms with E-state index in [1.165, 1.54) is 6.07 Å². The highest BCUT2D eigenvalue weighted by atomic mass is 35.5. The summed E-state index contributed by atoms with van der Waals surface area (Å²) in [6.45, 7) is 7.10. The van der Waals surface area contributed by atoms with E-state index in [0.717, 1.165) is 5.56 Å². The van der Waals surface area contributed by atoms with Gasteiger partial charge in [0.25, 0.3) is 0 Å². The molecule has 122 valence electrons. The van der Waals surface area contributed by atoms with E-state index in [4.69, 9.17) is 25.5 Å². The Hall–Kier alpha value is -2.11. The molecule has 6 heteroatoms. The lowest BCUT2D eigenvalue weighted by Gasteiger charge is -2.12. The lowest BCUT2D eigenvalue weighted by molar-refractivity contribution is -0.156. The number of carbonyl (C=O) groups is 1. The van der Waals surface area contributed by atoms with Crippen molar-refractivity contribution in [2.45, 2.75) is 26.6 Å². The summed E-state index contributed by atoms with van der Waals surface area (Å²) in [5.41, 5.74) is 1.22. The molecule has 1 atom stereocenters. The summed E-state index contributed by atoms with van der Waals surface area (Å²) in [7, 11) is 0. The molecular weight excluding hydrogens is 320 g/mol. The van der Waals surface area contributed by atoms with Crippen LogP contribution in [0.4, 0.5) is 0 Å². The van der Waals surface area contributed by atoms with Crippen LogP contribution in [-0.4, -0.2) is 18.7 Å². The van der Waals surface area contributed by atoms with Crippen LogP contribution in [0.3, 0.4) is 0 Å². The van der Waals surface area contributed by atoms with Crippen molar-refractivity contribution >= 4 is 28.5 Å². The highest BCUT2D eigenvalue weighted by molar-refractivity contribution is 6.32. The molecule has 5 nitrogen and oxygen atoms in total. The first-order chi connectivity index (χ1) is 10.9. The Labute approximate surface area is 138 Å². The summed E-state index contributed by atoms with van der Waals surface area (Å²) in [4.78, 5) is 23.5. The van der Waals surface area contributed by atoms with Crippen molar-refractivity contribution in [1.82, 2.24) is 0 Å². The number of fused-ring (bicyclic) bond motifs is 1. The number of benzene rings is 1. The van der Waals surface area contributed by atoms with E-state index < -0.39 is 17.7 Å². The molecule has 0 bridgehead atoms. The minimum atomic E-state index is -0.717. The summed E-state index contributed by atoms with van der Waals surface area (Å²) < 4.78 is 15.5. The normalized spacial score (nSPS) is 12.1. The highest BCUT2D eigenvalue weighted by Crippen LogP contribution is 2.25. The molecule has 0 N–H and O–H groups in total. The maximum atomic E-state index is 11.9. The Morgan fingerprint density at radius 1 is 1.43 bits per heavy atom. The summed E-state index contributed by atoms with van der Waals surface area (Å²) >= 11 is 6.11. The second-order valence-corrected chi connectivity index (χ2v) is 5.47. The van der Waals surface area contributed by atoms with Gasteiger partial charge in [0, 0.05) is 22.0 Å². The van der Waals surface area contributed by atoms with E-state index >= 15 is 0 Å². The minimum Gasteiger partial charge on any atom is -0.459 e. The lowest BCUT2D eigenvalue weighted by atomic mass is 10.1. The van der Waals surface area contributed by atoms with Crippen molar-refractivity contribution in [3.63, 3.8) is 0 Å². The molecule has 1 aromatic heterocycles. The van der Waals surface area contributed by atoms with Gasteiger partial charge in [-0.15, -0.1) is 6.58 Å². The molecule has 0 saturated heterocycles. The number of rotatable bonds is 6.